The zero-order chi connectivity index (χ0) is 18.1. The van der Waals surface area contributed by atoms with Gasteiger partial charge in [0.25, 0.3) is 5.91 Å². The Hall–Kier alpha value is -2.38. The first-order chi connectivity index (χ1) is 11.1. The third kappa shape index (κ3) is 3.93. The van der Waals surface area contributed by atoms with Gasteiger partial charge in [-0.05, 0) is 17.5 Å². The number of nitrogens with one attached hydrogen (secondary N) is 1. The minimum Gasteiger partial charge on any atom is -0.451 e. The van der Waals surface area contributed by atoms with Crippen molar-refractivity contribution in [1.29, 1.82) is 0 Å². The summed E-state index contributed by atoms with van der Waals surface area (Å²) in [7, 11) is 0. The molecule has 1 N–H and O–H groups in total. The molecule has 2 rings (SSSR count). The van der Waals surface area contributed by atoms with Gasteiger partial charge in [0.1, 0.15) is 0 Å². The van der Waals surface area contributed by atoms with E-state index in [9.17, 15) is 27.6 Å². The molecule has 2 amide bonds. The third-order valence-corrected chi connectivity index (χ3v) is 3.68. The molecular weight excluding hydrogens is 327 g/mol. The van der Waals surface area contributed by atoms with E-state index in [0.717, 1.165) is 12.1 Å². The Labute approximate surface area is 136 Å². The largest absolute Gasteiger partial charge is 0.451 e. The van der Waals surface area contributed by atoms with Crippen LogP contribution in [0.3, 0.4) is 0 Å². The Morgan fingerprint density at radius 2 is 1.96 bits per heavy atom. The van der Waals surface area contributed by atoms with Crippen molar-refractivity contribution in [2.75, 3.05) is 0 Å². The van der Waals surface area contributed by atoms with Gasteiger partial charge in [-0.3, -0.25) is 19.7 Å². The molecule has 24 heavy (non-hydrogen) atoms. The highest BCUT2D eigenvalue weighted by Crippen LogP contribution is 2.33. The van der Waals surface area contributed by atoms with Gasteiger partial charge < -0.3 is 4.74 Å². The molecule has 1 aliphatic rings. The molecule has 1 heterocycles. The van der Waals surface area contributed by atoms with Crippen LogP contribution in [0, 0.1) is 5.92 Å². The second-order valence-corrected chi connectivity index (χ2v) is 5.89. The molecule has 0 radical (unpaired) electrons. The van der Waals surface area contributed by atoms with E-state index in [-0.39, 0.29) is 17.9 Å². The molecule has 0 aromatic heterocycles. The van der Waals surface area contributed by atoms with Crippen molar-refractivity contribution in [2.45, 2.75) is 38.5 Å². The molecule has 0 bridgehead atoms. The summed E-state index contributed by atoms with van der Waals surface area (Å²) in [6, 6.07) is 4.43. The lowest BCUT2D eigenvalue weighted by molar-refractivity contribution is -0.156. The van der Waals surface area contributed by atoms with Crippen LogP contribution in [0.25, 0.3) is 0 Å². The monoisotopic (exact) mass is 343 g/mol. The van der Waals surface area contributed by atoms with Crippen LogP contribution in [0.4, 0.5) is 13.2 Å². The number of imide groups is 1. The minimum absolute atomic E-state index is 0.148. The zero-order valence-corrected chi connectivity index (χ0v) is 13.0. The molecule has 1 fully saturated rings. The van der Waals surface area contributed by atoms with Crippen LogP contribution in [0.1, 0.15) is 37.3 Å². The zero-order valence-electron chi connectivity index (χ0n) is 13.0. The summed E-state index contributed by atoms with van der Waals surface area (Å²) in [5, 5.41) is 2.01. The van der Waals surface area contributed by atoms with E-state index in [1.807, 2.05) is 5.32 Å². The first kappa shape index (κ1) is 18.0. The van der Waals surface area contributed by atoms with E-state index in [2.05, 4.69) is 0 Å². The van der Waals surface area contributed by atoms with Crippen LogP contribution < -0.4 is 5.32 Å². The number of hydrogen-bond donors (Lipinski definition) is 1. The number of ether oxygens (including phenoxy) is 1. The van der Waals surface area contributed by atoms with Crippen molar-refractivity contribution < 1.29 is 32.3 Å². The quantitative estimate of drug-likeness (QED) is 0.673. The Balaban J connectivity index is 2.25. The maximum Gasteiger partial charge on any atom is 0.416 e. The van der Waals surface area contributed by atoms with Crippen LogP contribution in [-0.4, -0.2) is 23.9 Å². The average Bonchev–Trinajstić information content (AvgIpc) is 2.76. The molecule has 0 aliphatic carbocycles. The minimum atomic E-state index is -4.53. The average molecular weight is 343 g/mol. The van der Waals surface area contributed by atoms with Crippen molar-refractivity contribution >= 4 is 17.8 Å². The Kier molecular flexibility index (Phi) is 4.96. The number of benzene rings is 1. The van der Waals surface area contributed by atoms with Crippen LogP contribution in [0.5, 0.6) is 0 Å². The maximum atomic E-state index is 12.8. The number of carbonyl (C=O) groups excluding carboxylic acids is 3. The Morgan fingerprint density at radius 1 is 1.29 bits per heavy atom. The van der Waals surface area contributed by atoms with Gasteiger partial charge in [-0.25, -0.2) is 0 Å². The van der Waals surface area contributed by atoms with E-state index in [4.69, 9.17) is 4.74 Å². The van der Waals surface area contributed by atoms with Crippen LogP contribution in [0.15, 0.2) is 24.3 Å². The Bertz CT molecular complexity index is 670. The molecule has 0 spiro atoms. The third-order valence-electron chi connectivity index (χ3n) is 3.68. The molecule has 5 nitrogen and oxygen atoms in total. The molecular formula is C16H16F3NO4. The number of rotatable bonds is 4. The molecule has 0 saturated carbocycles. The van der Waals surface area contributed by atoms with Gasteiger partial charge in [0.05, 0.1) is 17.9 Å². The number of amides is 2. The summed E-state index contributed by atoms with van der Waals surface area (Å²) in [5.74, 6) is -3.45. The second kappa shape index (κ2) is 6.62. The van der Waals surface area contributed by atoms with Crippen molar-refractivity contribution in [3.05, 3.63) is 35.4 Å². The molecule has 130 valence electrons. The SMILES string of the molecule is CC(C)C(C(=O)OC1CC(=O)NC1=O)c1cccc(C(F)(F)F)c1. The van der Waals surface area contributed by atoms with Crippen molar-refractivity contribution in [3.63, 3.8) is 0 Å². The van der Waals surface area contributed by atoms with Crippen molar-refractivity contribution in [3.8, 4) is 0 Å². The van der Waals surface area contributed by atoms with Gasteiger partial charge in [0.15, 0.2) is 6.10 Å². The van der Waals surface area contributed by atoms with E-state index in [1.54, 1.807) is 13.8 Å². The van der Waals surface area contributed by atoms with Gasteiger partial charge >= 0.3 is 12.1 Å². The van der Waals surface area contributed by atoms with E-state index >= 15 is 0 Å². The molecule has 2 atom stereocenters. The molecule has 2 unspecified atom stereocenters. The predicted molar refractivity (Wildman–Crippen MR) is 76.7 cm³/mol. The highest BCUT2D eigenvalue weighted by atomic mass is 19.4. The summed E-state index contributed by atoms with van der Waals surface area (Å²) in [5.41, 5.74) is -0.721. The smallest absolute Gasteiger partial charge is 0.416 e. The first-order valence-electron chi connectivity index (χ1n) is 7.31. The highest BCUT2D eigenvalue weighted by Gasteiger charge is 2.37. The molecule has 1 saturated heterocycles. The number of carbonyl (C=O) groups is 3. The summed E-state index contributed by atoms with van der Waals surface area (Å²) in [4.78, 5) is 35.0. The van der Waals surface area contributed by atoms with Gasteiger partial charge in [0.2, 0.25) is 5.91 Å². The number of esters is 1. The standard InChI is InChI=1S/C16H16F3NO4/c1-8(2)13(9-4-3-5-10(6-9)16(17,18)19)15(23)24-11-7-12(21)20-14(11)22/h3-6,8,11,13H,7H2,1-2H3,(H,20,21,22). The van der Waals surface area contributed by atoms with Gasteiger partial charge in [0, 0.05) is 0 Å². The maximum absolute atomic E-state index is 12.8. The summed E-state index contributed by atoms with van der Waals surface area (Å²) < 4.78 is 43.6. The molecule has 1 aliphatic heterocycles. The van der Waals surface area contributed by atoms with Gasteiger partial charge in [-0.15, -0.1) is 0 Å². The molecule has 1 aromatic carbocycles. The van der Waals surface area contributed by atoms with Crippen molar-refractivity contribution in [1.82, 2.24) is 5.32 Å². The van der Waals surface area contributed by atoms with Gasteiger partial charge in [-0.1, -0.05) is 32.0 Å². The lowest BCUT2D eigenvalue weighted by Crippen LogP contribution is -2.31. The lowest BCUT2D eigenvalue weighted by Gasteiger charge is -2.22. The van der Waals surface area contributed by atoms with Crippen LogP contribution >= 0.6 is 0 Å². The first-order valence-corrected chi connectivity index (χ1v) is 7.31. The molecule has 1 aromatic rings. The van der Waals surface area contributed by atoms with E-state index in [0.29, 0.717) is 0 Å². The fraction of sp³-hybridized carbons (Fsp3) is 0.438. The summed E-state index contributed by atoms with van der Waals surface area (Å²) in [6.07, 6.45) is -6.05. The van der Waals surface area contributed by atoms with Crippen LogP contribution in [-0.2, 0) is 25.3 Å². The predicted octanol–water partition coefficient (Wildman–Crippen LogP) is 2.40. The van der Waals surface area contributed by atoms with E-state index in [1.165, 1.54) is 12.1 Å². The van der Waals surface area contributed by atoms with Gasteiger partial charge in [-0.2, -0.15) is 13.2 Å². The second-order valence-electron chi connectivity index (χ2n) is 5.89. The van der Waals surface area contributed by atoms with Crippen molar-refractivity contribution in [2.24, 2.45) is 5.92 Å². The Morgan fingerprint density at radius 3 is 2.46 bits per heavy atom. The van der Waals surface area contributed by atoms with E-state index < -0.39 is 41.5 Å². The highest BCUT2D eigenvalue weighted by molar-refractivity contribution is 6.05. The fourth-order valence-electron chi connectivity index (χ4n) is 2.54. The normalized spacial score (nSPS) is 19.3. The number of hydrogen-bond acceptors (Lipinski definition) is 4. The fourth-order valence-corrected chi connectivity index (χ4v) is 2.54. The summed E-state index contributed by atoms with van der Waals surface area (Å²) >= 11 is 0. The lowest BCUT2D eigenvalue weighted by atomic mass is 9.87. The van der Waals surface area contributed by atoms with Crippen LogP contribution in [0.2, 0.25) is 0 Å². The number of alkyl halides is 3. The molecule has 8 heteroatoms. The topological polar surface area (TPSA) is 72.5 Å². The number of halogens is 3. The summed E-state index contributed by atoms with van der Waals surface area (Å²) in [6.45, 7) is 3.32.